The number of hydrogen-bond acceptors (Lipinski definition) is 7. The SMILES string of the molecule is O=C1c2cccc([N+](=O)[O-])c2C(=O)N1CCCCCC(=O)N(Cc1ccccn1)c1ccccc1O. The Balaban J connectivity index is 1.34. The van der Waals surface area contributed by atoms with Gasteiger partial charge in [0.1, 0.15) is 11.3 Å². The number of nitro groups is 1. The van der Waals surface area contributed by atoms with E-state index in [-0.39, 0.29) is 48.0 Å². The maximum atomic E-state index is 13.1. The van der Waals surface area contributed by atoms with E-state index in [0.29, 0.717) is 30.6 Å². The van der Waals surface area contributed by atoms with Gasteiger partial charge in [-0.3, -0.25) is 34.4 Å². The van der Waals surface area contributed by atoms with Crippen LogP contribution in [0.4, 0.5) is 11.4 Å². The Morgan fingerprint density at radius 1 is 0.972 bits per heavy atom. The van der Waals surface area contributed by atoms with Crippen LogP contribution in [0.5, 0.6) is 5.75 Å². The highest BCUT2D eigenvalue weighted by Gasteiger charge is 2.40. The van der Waals surface area contributed by atoms with Gasteiger partial charge in [-0.2, -0.15) is 0 Å². The number of fused-ring (bicyclic) bond motifs is 1. The van der Waals surface area contributed by atoms with E-state index in [1.807, 2.05) is 6.07 Å². The number of benzene rings is 2. The minimum Gasteiger partial charge on any atom is -0.506 e. The summed E-state index contributed by atoms with van der Waals surface area (Å²) in [4.78, 5) is 55.7. The van der Waals surface area contributed by atoms with E-state index < -0.39 is 16.7 Å². The average molecular weight is 489 g/mol. The Labute approximate surface area is 206 Å². The van der Waals surface area contributed by atoms with Gasteiger partial charge in [0.05, 0.1) is 28.4 Å². The van der Waals surface area contributed by atoms with E-state index in [1.165, 1.54) is 29.2 Å². The number of pyridine rings is 1. The Bertz CT molecular complexity index is 1310. The quantitative estimate of drug-likeness (QED) is 0.197. The zero-order valence-electron chi connectivity index (χ0n) is 19.4. The van der Waals surface area contributed by atoms with Crippen LogP contribution in [0.3, 0.4) is 0 Å². The molecule has 4 rings (SSSR count). The highest BCUT2D eigenvalue weighted by Crippen LogP contribution is 2.31. The highest BCUT2D eigenvalue weighted by atomic mass is 16.6. The molecule has 184 valence electrons. The third-order valence-corrected chi connectivity index (χ3v) is 5.97. The lowest BCUT2D eigenvalue weighted by Crippen LogP contribution is -2.31. The molecule has 0 saturated heterocycles. The number of hydrogen-bond donors (Lipinski definition) is 1. The van der Waals surface area contributed by atoms with Gasteiger partial charge < -0.3 is 10.0 Å². The van der Waals surface area contributed by atoms with Crippen LogP contribution in [0, 0.1) is 10.1 Å². The van der Waals surface area contributed by atoms with Crippen molar-refractivity contribution in [1.82, 2.24) is 9.88 Å². The molecular weight excluding hydrogens is 464 g/mol. The van der Waals surface area contributed by atoms with Crippen LogP contribution in [0.1, 0.15) is 52.1 Å². The van der Waals surface area contributed by atoms with Crippen molar-refractivity contribution in [2.24, 2.45) is 0 Å². The fourth-order valence-corrected chi connectivity index (χ4v) is 4.18. The van der Waals surface area contributed by atoms with Crippen LogP contribution in [0.15, 0.2) is 66.9 Å². The molecule has 1 aliphatic rings. The fourth-order valence-electron chi connectivity index (χ4n) is 4.18. The Hall–Kier alpha value is -4.60. The molecule has 1 aliphatic heterocycles. The first-order valence-corrected chi connectivity index (χ1v) is 11.5. The van der Waals surface area contributed by atoms with Gasteiger partial charge in [-0.25, -0.2) is 0 Å². The molecule has 0 aliphatic carbocycles. The number of rotatable bonds is 10. The van der Waals surface area contributed by atoms with Gasteiger partial charge in [-0.15, -0.1) is 0 Å². The third-order valence-electron chi connectivity index (χ3n) is 5.97. The number of carbonyl (C=O) groups is 3. The van der Waals surface area contributed by atoms with Gasteiger partial charge in [0.15, 0.2) is 0 Å². The van der Waals surface area contributed by atoms with Crippen molar-refractivity contribution in [3.8, 4) is 5.75 Å². The highest BCUT2D eigenvalue weighted by molar-refractivity contribution is 6.23. The number of amides is 3. The van der Waals surface area contributed by atoms with Crippen LogP contribution in [0.2, 0.25) is 0 Å². The zero-order valence-corrected chi connectivity index (χ0v) is 19.4. The fraction of sp³-hybridized carbons (Fsp3) is 0.231. The van der Waals surface area contributed by atoms with Crippen LogP contribution >= 0.6 is 0 Å². The molecule has 0 bridgehead atoms. The zero-order chi connectivity index (χ0) is 25.7. The van der Waals surface area contributed by atoms with Crippen LogP contribution in [-0.2, 0) is 11.3 Å². The number of aromatic hydroxyl groups is 1. The molecule has 2 heterocycles. The lowest BCUT2D eigenvalue weighted by Gasteiger charge is -2.23. The molecule has 0 fully saturated rings. The summed E-state index contributed by atoms with van der Waals surface area (Å²) in [6.07, 6.45) is 3.32. The molecule has 1 N–H and O–H groups in total. The van der Waals surface area contributed by atoms with Gasteiger partial charge in [0.2, 0.25) is 5.91 Å². The number of unbranched alkanes of at least 4 members (excludes halogenated alkanes) is 2. The molecule has 0 radical (unpaired) electrons. The molecule has 0 spiro atoms. The number of anilines is 1. The van der Waals surface area contributed by atoms with Crippen LogP contribution in [0.25, 0.3) is 0 Å². The lowest BCUT2D eigenvalue weighted by molar-refractivity contribution is -0.385. The molecule has 0 atom stereocenters. The molecule has 0 saturated carbocycles. The molecule has 2 aromatic carbocycles. The number of nitrogens with zero attached hydrogens (tertiary/aromatic N) is 4. The predicted molar refractivity (Wildman–Crippen MR) is 130 cm³/mol. The van der Waals surface area contributed by atoms with Crippen molar-refractivity contribution in [3.63, 3.8) is 0 Å². The molecule has 10 heteroatoms. The van der Waals surface area contributed by atoms with Crippen molar-refractivity contribution in [1.29, 1.82) is 0 Å². The second-order valence-electron chi connectivity index (χ2n) is 8.32. The van der Waals surface area contributed by atoms with E-state index in [4.69, 9.17) is 0 Å². The second-order valence-corrected chi connectivity index (χ2v) is 8.32. The van der Waals surface area contributed by atoms with Gasteiger partial charge in [-0.1, -0.05) is 30.7 Å². The third kappa shape index (κ3) is 5.07. The number of para-hydroxylation sites is 2. The summed E-state index contributed by atoms with van der Waals surface area (Å²) < 4.78 is 0. The van der Waals surface area contributed by atoms with Crippen LogP contribution in [-0.4, -0.2) is 44.2 Å². The summed E-state index contributed by atoms with van der Waals surface area (Å²) in [5.74, 6) is -1.42. The summed E-state index contributed by atoms with van der Waals surface area (Å²) >= 11 is 0. The predicted octanol–water partition coefficient (Wildman–Crippen LogP) is 4.09. The summed E-state index contributed by atoms with van der Waals surface area (Å²) in [6.45, 7) is 0.305. The lowest BCUT2D eigenvalue weighted by atomic mass is 10.1. The maximum absolute atomic E-state index is 13.1. The average Bonchev–Trinajstić information content (AvgIpc) is 3.13. The minimum atomic E-state index is -0.667. The first kappa shape index (κ1) is 24.5. The van der Waals surface area contributed by atoms with E-state index in [1.54, 1.807) is 36.5 Å². The number of aromatic nitrogens is 1. The Morgan fingerprint density at radius 3 is 2.47 bits per heavy atom. The van der Waals surface area contributed by atoms with Gasteiger partial charge >= 0.3 is 0 Å². The standard InChI is InChI=1S/C26H24N4O6/c31-22-13-4-3-11-20(22)29(17-18-9-5-6-15-27-18)23(32)14-2-1-7-16-28-25(33)19-10-8-12-21(30(35)36)24(19)26(28)34/h3-6,8-13,15,31H,1-2,7,14,16-17H2. The van der Waals surface area contributed by atoms with E-state index in [9.17, 15) is 29.6 Å². The van der Waals surface area contributed by atoms with Crippen molar-refractivity contribution in [2.75, 3.05) is 11.4 Å². The monoisotopic (exact) mass is 488 g/mol. The molecule has 10 nitrogen and oxygen atoms in total. The summed E-state index contributed by atoms with van der Waals surface area (Å²) in [6, 6.07) is 16.0. The number of carbonyl (C=O) groups excluding carboxylic acids is 3. The number of phenolic OH excluding ortho intramolecular Hbond substituents is 1. The second kappa shape index (κ2) is 10.8. The molecular formula is C26H24N4O6. The largest absolute Gasteiger partial charge is 0.506 e. The van der Waals surface area contributed by atoms with E-state index in [2.05, 4.69) is 4.98 Å². The molecule has 3 amide bonds. The van der Waals surface area contributed by atoms with Crippen molar-refractivity contribution in [2.45, 2.75) is 32.2 Å². The van der Waals surface area contributed by atoms with Gasteiger partial charge in [-0.05, 0) is 43.2 Å². The van der Waals surface area contributed by atoms with Crippen molar-refractivity contribution >= 4 is 29.1 Å². The smallest absolute Gasteiger partial charge is 0.282 e. The first-order chi connectivity index (χ1) is 17.4. The topological polar surface area (TPSA) is 134 Å². The van der Waals surface area contributed by atoms with Crippen molar-refractivity contribution in [3.05, 3.63) is 93.8 Å². The molecule has 0 unspecified atom stereocenters. The van der Waals surface area contributed by atoms with Gasteiger partial charge in [0, 0.05) is 25.2 Å². The normalized spacial score (nSPS) is 12.5. The number of imide groups is 1. The van der Waals surface area contributed by atoms with Crippen molar-refractivity contribution < 1.29 is 24.4 Å². The maximum Gasteiger partial charge on any atom is 0.282 e. The first-order valence-electron chi connectivity index (χ1n) is 11.5. The summed E-state index contributed by atoms with van der Waals surface area (Å²) in [7, 11) is 0. The van der Waals surface area contributed by atoms with Crippen LogP contribution < -0.4 is 4.90 Å². The van der Waals surface area contributed by atoms with E-state index in [0.717, 1.165) is 4.90 Å². The number of phenols is 1. The molecule has 36 heavy (non-hydrogen) atoms. The summed E-state index contributed by atoms with van der Waals surface area (Å²) in [5, 5.41) is 21.5. The number of nitro benzene ring substituents is 1. The minimum absolute atomic E-state index is 0.0125. The molecule has 1 aromatic heterocycles. The Kier molecular flexibility index (Phi) is 7.33. The summed E-state index contributed by atoms with van der Waals surface area (Å²) in [5.41, 5.74) is 0.554. The Morgan fingerprint density at radius 2 is 1.75 bits per heavy atom. The van der Waals surface area contributed by atoms with E-state index >= 15 is 0 Å². The van der Waals surface area contributed by atoms with Gasteiger partial charge in [0.25, 0.3) is 17.5 Å². The molecule has 3 aromatic rings.